The van der Waals surface area contributed by atoms with E-state index in [1.807, 2.05) is 88.4 Å². The van der Waals surface area contributed by atoms with Gasteiger partial charge in [-0.3, -0.25) is 4.79 Å². The van der Waals surface area contributed by atoms with Crippen LogP contribution in [0.25, 0.3) is 0 Å². The van der Waals surface area contributed by atoms with E-state index in [9.17, 15) is 19.2 Å². The van der Waals surface area contributed by atoms with Crippen molar-refractivity contribution in [3.63, 3.8) is 0 Å². The number of esters is 3. The molecule has 0 aliphatic carbocycles. The van der Waals surface area contributed by atoms with Gasteiger partial charge in [-0.25, -0.2) is 14.4 Å². The minimum Gasteiger partial charge on any atom is -0.497 e. The molecule has 0 aliphatic rings. The fourth-order valence-electron chi connectivity index (χ4n) is 11.3. The summed E-state index contributed by atoms with van der Waals surface area (Å²) < 4.78 is 21.3. The van der Waals surface area contributed by atoms with Crippen LogP contribution in [0.15, 0.2) is 181 Å². The fourth-order valence-corrected chi connectivity index (χ4v) is 11.6. The van der Waals surface area contributed by atoms with E-state index < -0.39 is 5.24 Å². The predicted octanol–water partition coefficient (Wildman–Crippen LogP) is 24.9. The van der Waals surface area contributed by atoms with Crippen LogP contribution in [0.1, 0.15) is 274 Å². The number of aliphatic hydroxyl groups excluding tert-OH is 1. The standard InChI is InChI=1S/C32H48O3.C17H25ClO2.C17H24O2.C10H20O.C7H5ClO.C4H8/c1-25(20-22-35-29(33)26-14-10-9-11-15-26)13-12-21-30(2,3)23-31(4,5)24-32(6,7)27-16-18-28(34-8)19-17-27;1-14(8-7-12-17(2,3)18)11-13-20-16(19)15-9-5-4-6-10-15;1-14(2)8-7-9-15(3)12-13-19-17(18)16-10-5-4-6-11-16;1-9(2)5-4-6-10(3)7-8-11;8-7(9)6-4-2-1-3-5-6;1-4(2)3/h9-11,14-19,25H,12-13,20-24H2,1-8H3;4-6,9-10,14H,7-8,11-13H2,1-3H3;4-6,8,10-11,15H,7,9,12-13H2,1-3H3;5,10-11H,4,6-8H2,1-3H3;1-5H;1H2,2-3H3. The van der Waals surface area contributed by atoms with Gasteiger partial charge in [-0.1, -0.05) is 221 Å². The number of allylic oxidation sites excluding steroid dienone is 5. The molecule has 11 heteroatoms. The highest BCUT2D eigenvalue weighted by atomic mass is 35.5. The third kappa shape index (κ3) is 50.1. The molecule has 1 N–H and O–H groups in total. The van der Waals surface area contributed by atoms with Crippen LogP contribution in [0.4, 0.5) is 0 Å². The lowest BCUT2D eigenvalue weighted by molar-refractivity contribution is 0.0473. The summed E-state index contributed by atoms with van der Waals surface area (Å²) in [7, 11) is 1.72. The normalized spacial score (nSPS) is 12.2. The molecule has 0 radical (unpaired) electrons. The number of alkyl halides is 1. The molecule has 0 bridgehead atoms. The van der Waals surface area contributed by atoms with E-state index in [4.69, 9.17) is 47.3 Å². The first-order valence-electron chi connectivity index (χ1n) is 35.8. The maximum atomic E-state index is 12.1. The van der Waals surface area contributed by atoms with Crippen molar-refractivity contribution in [1.82, 2.24) is 0 Å². The number of rotatable bonds is 35. The second-order valence-corrected chi connectivity index (χ2v) is 31.5. The minimum absolute atomic E-state index is 0.109. The summed E-state index contributed by atoms with van der Waals surface area (Å²) in [5.41, 5.74) is 8.33. The Hall–Kier alpha value is -6.26. The number of halogens is 2. The van der Waals surface area contributed by atoms with Crippen molar-refractivity contribution < 1.29 is 43.2 Å². The largest absolute Gasteiger partial charge is 0.497 e. The molecule has 0 heterocycles. The first kappa shape index (κ1) is 91.7. The third-order valence-corrected chi connectivity index (χ3v) is 16.8. The highest BCUT2D eigenvalue weighted by molar-refractivity contribution is 6.67. The molecule has 4 atom stereocenters. The van der Waals surface area contributed by atoms with Crippen molar-refractivity contribution in [1.29, 1.82) is 0 Å². The lowest BCUT2D eigenvalue weighted by atomic mass is 9.65. The molecule has 546 valence electrons. The van der Waals surface area contributed by atoms with Crippen LogP contribution in [0.2, 0.25) is 0 Å². The molecular formula is C87H130Cl2O9. The summed E-state index contributed by atoms with van der Waals surface area (Å²) in [6.45, 7) is 45.1. The average Bonchev–Trinajstić information content (AvgIpc) is 0.812. The number of benzene rings is 5. The summed E-state index contributed by atoms with van der Waals surface area (Å²) in [5, 5.41) is 8.22. The van der Waals surface area contributed by atoms with Gasteiger partial charge in [0, 0.05) is 17.0 Å². The van der Waals surface area contributed by atoms with Gasteiger partial charge in [-0.05, 0) is 238 Å². The highest BCUT2D eigenvalue weighted by Crippen LogP contribution is 2.45. The van der Waals surface area contributed by atoms with Gasteiger partial charge in [0.1, 0.15) is 5.75 Å². The summed E-state index contributed by atoms with van der Waals surface area (Å²) in [4.78, 5) is 45.8. The predicted molar refractivity (Wildman–Crippen MR) is 417 cm³/mol. The number of methoxy groups -OCH3 is 1. The molecule has 5 aromatic rings. The van der Waals surface area contributed by atoms with Gasteiger partial charge in [0.25, 0.3) is 5.24 Å². The Bertz CT molecular complexity index is 2950. The van der Waals surface area contributed by atoms with Gasteiger partial charge in [0.2, 0.25) is 0 Å². The Labute approximate surface area is 606 Å². The lowest BCUT2D eigenvalue weighted by Crippen LogP contribution is -2.31. The third-order valence-electron chi connectivity index (χ3n) is 16.4. The summed E-state index contributed by atoms with van der Waals surface area (Å²) in [6.07, 6.45) is 22.0. The van der Waals surface area contributed by atoms with Crippen molar-refractivity contribution >= 4 is 46.4 Å². The van der Waals surface area contributed by atoms with Gasteiger partial charge in [-0.15, -0.1) is 18.2 Å². The van der Waals surface area contributed by atoms with Crippen LogP contribution in [-0.4, -0.2) is 66.7 Å². The Balaban J connectivity index is 0.00000128. The summed E-state index contributed by atoms with van der Waals surface area (Å²) in [5.74, 6) is 2.58. The zero-order chi connectivity index (χ0) is 74.2. The van der Waals surface area contributed by atoms with Crippen LogP contribution in [0.5, 0.6) is 5.75 Å². The Kier molecular flexibility index (Phi) is 48.5. The lowest BCUT2D eigenvalue weighted by Gasteiger charge is -2.40. The van der Waals surface area contributed by atoms with Crippen LogP contribution in [0.3, 0.4) is 0 Å². The Morgan fingerprint density at radius 2 is 0.786 bits per heavy atom. The molecule has 0 fully saturated rings. The van der Waals surface area contributed by atoms with Crippen molar-refractivity contribution in [3.05, 3.63) is 209 Å². The van der Waals surface area contributed by atoms with Crippen LogP contribution in [0, 0.1) is 34.5 Å². The van der Waals surface area contributed by atoms with Crippen molar-refractivity contribution in [2.45, 2.75) is 238 Å². The second kappa shape index (κ2) is 51.8. The van der Waals surface area contributed by atoms with E-state index >= 15 is 0 Å². The van der Waals surface area contributed by atoms with Crippen LogP contribution in [-0.2, 0) is 19.6 Å². The average molecular weight is 1390 g/mol. The Morgan fingerprint density at radius 1 is 0.459 bits per heavy atom. The molecule has 0 saturated heterocycles. The molecular weight excluding hydrogens is 1260 g/mol. The molecule has 9 nitrogen and oxygen atoms in total. The van der Waals surface area contributed by atoms with Gasteiger partial charge in [0.05, 0.1) is 43.6 Å². The second-order valence-electron chi connectivity index (χ2n) is 30.2. The fraction of sp³-hybridized carbons (Fsp3) is 0.540. The smallest absolute Gasteiger partial charge is 0.338 e. The monoisotopic (exact) mass is 1390 g/mol. The number of hydrogen-bond donors (Lipinski definition) is 1. The molecule has 0 amide bonds. The van der Waals surface area contributed by atoms with Crippen LogP contribution >= 0.6 is 23.2 Å². The Morgan fingerprint density at radius 3 is 1.09 bits per heavy atom. The van der Waals surface area contributed by atoms with Crippen molar-refractivity contribution in [3.8, 4) is 5.75 Å². The number of ether oxygens (including phenoxy) is 4. The first-order chi connectivity index (χ1) is 46.0. The highest BCUT2D eigenvalue weighted by Gasteiger charge is 2.35. The molecule has 4 unspecified atom stereocenters. The van der Waals surface area contributed by atoms with Gasteiger partial charge in [0.15, 0.2) is 0 Å². The topological polar surface area (TPSA) is 125 Å². The van der Waals surface area contributed by atoms with Crippen LogP contribution < -0.4 is 4.74 Å². The van der Waals surface area contributed by atoms with Gasteiger partial charge < -0.3 is 24.1 Å². The number of hydrogen-bond acceptors (Lipinski definition) is 9. The maximum absolute atomic E-state index is 12.1. The molecule has 0 saturated carbocycles. The van der Waals surface area contributed by atoms with E-state index in [1.165, 1.54) is 54.4 Å². The molecule has 5 rings (SSSR count). The van der Waals surface area contributed by atoms with E-state index in [-0.39, 0.29) is 33.6 Å². The maximum Gasteiger partial charge on any atom is 0.338 e. The van der Waals surface area contributed by atoms with E-state index in [2.05, 4.69) is 140 Å². The van der Waals surface area contributed by atoms with E-state index in [1.54, 1.807) is 67.8 Å². The summed E-state index contributed by atoms with van der Waals surface area (Å²) in [6, 6.07) is 44.8. The zero-order valence-corrected chi connectivity index (χ0v) is 65.7. The first-order valence-corrected chi connectivity index (χ1v) is 36.5. The molecule has 5 aromatic carbocycles. The number of carbonyl (C=O) groups excluding carboxylic acids is 4. The molecule has 0 aliphatic heterocycles. The van der Waals surface area contributed by atoms with E-state index in [0.29, 0.717) is 77.8 Å². The van der Waals surface area contributed by atoms with Gasteiger partial charge >= 0.3 is 17.9 Å². The quantitative estimate of drug-likeness (QED) is 0.0139. The van der Waals surface area contributed by atoms with Gasteiger partial charge in [-0.2, -0.15) is 0 Å². The summed E-state index contributed by atoms with van der Waals surface area (Å²) >= 11 is 11.3. The molecule has 0 aromatic heterocycles. The van der Waals surface area contributed by atoms with E-state index in [0.717, 1.165) is 76.4 Å². The zero-order valence-electron chi connectivity index (χ0n) is 64.1. The number of aliphatic hydroxyl groups is 1. The molecule has 98 heavy (non-hydrogen) atoms. The van der Waals surface area contributed by atoms with Crippen molar-refractivity contribution in [2.75, 3.05) is 33.5 Å². The molecule has 0 spiro atoms. The SMILES string of the molecule is C=C(C)C.CC(C)=CCCC(C)CCO.CC(C)=CCCC(C)CCOC(=O)c1ccccc1.CC(CCCC(C)(C)Cl)CCOC(=O)c1ccccc1.COc1ccc(C(C)(C)CC(C)(C)CC(C)(C)CCCC(C)CCOC(=O)c2ccccc2)cc1.O=C(Cl)c1ccccc1. The van der Waals surface area contributed by atoms with Crippen molar-refractivity contribution in [2.24, 2.45) is 34.5 Å². The minimum atomic E-state index is -0.407. The number of carbonyl (C=O) groups is 4.